The van der Waals surface area contributed by atoms with Crippen LogP contribution in [-0.2, 0) is 4.79 Å². The number of carbonyl (C=O) groups excluding carboxylic acids is 1. The molecule has 1 aromatic carbocycles. The van der Waals surface area contributed by atoms with Crippen LogP contribution < -0.4 is 5.73 Å². The van der Waals surface area contributed by atoms with Gasteiger partial charge in [0.15, 0.2) is 0 Å². The SMILES string of the molecule is NC(=O)C(c1cccnc1)c1ccc2[nH]ncc2c1. The molecule has 0 aliphatic rings. The highest BCUT2D eigenvalue weighted by Gasteiger charge is 2.20. The molecule has 3 aromatic rings. The smallest absolute Gasteiger partial charge is 0.229 e. The second kappa shape index (κ2) is 4.53. The van der Waals surface area contributed by atoms with Crippen molar-refractivity contribution in [3.8, 4) is 0 Å². The minimum absolute atomic E-state index is 0.393. The van der Waals surface area contributed by atoms with Crippen molar-refractivity contribution in [3.63, 3.8) is 0 Å². The molecular formula is C14H12N4O. The molecule has 0 radical (unpaired) electrons. The molecular weight excluding hydrogens is 240 g/mol. The molecule has 0 fully saturated rings. The van der Waals surface area contributed by atoms with Gasteiger partial charge in [0.2, 0.25) is 5.91 Å². The van der Waals surface area contributed by atoms with Gasteiger partial charge in [-0.25, -0.2) is 0 Å². The van der Waals surface area contributed by atoms with Gasteiger partial charge in [-0.2, -0.15) is 5.10 Å². The van der Waals surface area contributed by atoms with Crippen LogP contribution in [0.4, 0.5) is 0 Å². The van der Waals surface area contributed by atoms with E-state index < -0.39 is 11.8 Å². The van der Waals surface area contributed by atoms with Crippen LogP contribution in [0, 0.1) is 0 Å². The first-order chi connectivity index (χ1) is 9.25. The number of amides is 1. The Balaban J connectivity index is 2.12. The summed E-state index contributed by atoms with van der Waals surface area (Å²) in [5.41, 5.74) is 8.09. The van der Waals surface area contributed by atoms with Crippen molar-refractivity contribution in [2.75, 3.05) is 0 Å². The van der Waals surface area contributed by atoms with E-state index in [0.717, 1.165) is 22.0 Å². The number of benzene rings is 1. The molecule has 0 aliphatic heterocycles. The summed E-state index contributed by atoms with van der Waals surface area (Å²) in [5.74, 6) is -0.885. The lowest BCUT2D eigenvalue weighted by Gasteiger charge is -2.13. The Kier molecular flexibility index (Phi) is 2.72. The number of nitrogens with one attached hydrogen (secondary N) is 1. The molecule has 1 amide bonds. The monoisotopic (exact) mass is 252 g/mol. The summed E-state index contributed by atoms with van der Waals surface area (Å²) in [6.45, 7) is 0. The van der Waals surface area contributed by atoms with E-state index >= 15 is 0 Å². The molecule has 0 saturated carbocycles. The van der Waals surface area contributed by atoms with Crippen molar-refractivity contribution >= 4 is 16.8 Å². The number of nitrogens with zero attached hydrogens (tertiary/aromatic N) is 2. The fourth-order valence-corrected chi connectivity index (χ4v) is 2.21. The van der Waals surface area contributed by atoms with E-state index in [1.807, 2.05) is 24.3 Å². The van der Waals surface area contributed by atoms with E-state index in [0.29, 0.717) is 0 Å². The van der Waals surface area contributed by atoms with Crippen LogP contribution in [0.3, 0.4) is 0 Å². The van der Waals surface area contributed by atoms with Crippen LogP contribution in [0.15, 0.2) is 48.9 Å². The maximum atomic E-state index is 11.7. The predicted octanol–water partition coefficient (Wildman–Crippen LogP) is 1.58. The van der Waals surface area contributed by atoms with E-state index in [1.54, 1.807) is 24.7 Å². The third-order valence-corrected chi connectivity index (χ3v) is 3.10. The molecule has 0 aliphatic carbocycles. The normalized spacial score (nSPS) is 12.4. The van der Waals surface area contributed by atoms with Gasteiger partial charge in [0.25, 0.3) is 0 Å². The zero-order valence-electron chi connectivity index (χ0n) is 10.1. The first kappa shape index (κ1) is 11.4. The fraction of sp³-hybridized carbons (Fsp3) is 0.0714. The zero-order valence-corrected chi connectivity index (χ0v) is 10.1. The number of carbonyl (C=O) groups is 1. The van der Waals surface area contributed by atoms with Gasteiger partial charge in [0.1, 0.15) is 0 Å². The molecule has 1 unspecified atom stereocenters. The summed E-state index contributed by atoms with van der Waals surface area (Å²) in [7, 11) is 0. The Morgan fingerprint density at radius 1 is 1.21 bits per heavy atom. The minimum atomic E-state index is -0.493. The van der Waals surface area contributed by atoms with E-state index in [9.17, 15) is 4.79 Å². The maximum absolute atomic E-state index is 11.7. The van der Waals surface area contributed by atoms with Gasteiger partial charge in [-0.3, -0.25) is 14.9 Å². The van der Waals surface area contributed by atoms with E-state index in [-0.39, 0.29) is 0 Å². The lowest BCUT2D eigenvalue weighted by atomic mass is 9.91. The Hall–Kier alpha value is -2.69. The number of pyridine rings is 1. The summed E-state index contributed by atoms with van der Waals surface area (Å²) in [5, 5.41) is 7.79. The third kappa shape index (κ3) is 2.06. The van der Waals surface area contributed by atoms with Gasteiger partial charge in [-0.05, 0) is 29.3 Å². The lowest BCUT2D eigenvalue weighted by molar-refractivity contribution is -0.118. The van der Waals surface area contributed by atoms with E-state index in [4.69, 9.17) is 5.73 Å². The number of hydrogen-bond acceptors (Lipinski definition) is 3. The Bertz CT molecular complexity index is 720. The number of nitrogens with two attached hydrogens (primary N) is 1. The summed E-state index contributed by atoms with van der Waals surface area (Å²) < 4.78 is 0. The number of primary amides is 1. The Labute approximate surface area is 109 Å². The molecule has 5 nitrogen and oxygen atoms in total. The molecule has 5 heteroatoms. The molecule has 0 saturated heterocycles. The highest BCUT2D eigenvalue weighted by atomic mass is 16.1. The molecule has 2 aromatic heterocycles. The summed E-state index contributed by atoms with van der Waals surface area (Å²) >= 11 is 0. The molecule has 2 heterocycles. The number of fused-ring (bicyclic) bond motifs is 1. The maximum Gasteiger partial charge on any atom is 0.229 e. The lowest BCUT2D eigenvalue weighted by Crippen LogP contribution is -2.22. The zero-order chi connectivity index (χ0) is 13.2. The number of H-pyrrole nitrogens is 1. The molecule has 94 valence electrons. The molecule has 0 bridgehead atoms. The molecule has 3 rings (SSSR count). The number of aromatic nitrogens is 3. The van der Waals surface area contributed by atoms with Crippen molar-refractivity contribution in [1.29, 1.82) is 0 Å². The van der Waals surface area contributed by atoms with Crippen molar-refractivity contribution in [2.24, 2.45) is 5.73 Å². The van der Waals surface area contributed by atoms with Crippen LogP contribution in [0.1, 0.15) is 17.0 Å². The molecule has 19 heavy (non-hydrogen) atoms. The number of rotatable bonds is 3. The van der Waals surface area contributed by atoms with Crippen LogP contribution in [0.5, 0.6) is 0 Å². The average Bonchev–Trinajstić information content (AvgIpc) is 2.87. The molecule has 1 atom stereocenters. The number of aromatic amines is 1. The van der Waals surface area contributed by atoms with Crippen molar-refractivity contribution in [1.82, 2.24) is 15.2 Å². The van der Waals surface area contributed by atoms with Gasteiger partial charge in [0.05, 0.1) is 17.6 Å². The van der Waals surface area contributed by atoms with Crippen LogP contribution in [0.2, 0.25) is 0 Å². The highest BCUT2D eigenvalue weighted by molar-refractivity contribution is 5.88. The second-order valence-electron chi connectivity index (χ2n) is 4.34. The Morgan fingerprint density at radius 3 is 2.84 bits per heavy atom. The van der Waals surface area contributed by atoms with Crippen LogP contribution >= 0.6 is 0 Å². The van der Waals surface area contributed by atoms with Gasteiger partial charge in [0, 0.05) is 17.8 Å². The first-order valence-corrected chi connectivity index (χ1v) is 5.88. The topological polar surface area (TPSA) is 84.7 Å². The predicted molar refractivity (Wildman–Crippen MR) is 71.4 cm³/mol. The van der Waals surface area contributed by atoms with E-state index in [2.05, 4.69) is 15.2 Å². The third-order valence-electron chi connectivity index (χ3n) is 3.10. The highest BCUT2D eigenvalue weighted by Crippen LogP contribution is 2.26. The number of hydrogen-bond donors (Lipinski definition) is 2. The summed E-state index contributed by atoms with van der Waals surface area (Å²) in [6, 6.07) is 9.33. The largest absolute Gasteiger partial charge is 0.369 e. The van der Waals surface area contributed by atoms with Crippen LogP contribution in [0.25, 0.3) is 10.9 Å². The molecule has 3 N–H and O–H groups in total. The minimum Gasteiger partial charge on any atom is -0.369 e. The van der Waals surface area contributed by atoms with Gasteiger partial charge in [-0.15, -0.1) is 0 Å². The summed E-state index contributed by atoms with van der Waals surface area (Å²) in [6.07, 6.45) is 5.05. The second-order valence-corrected chi connectivity index (χ2v) is 4.34. The van der Waals surface area contributed by atoms with Gasteiger partial charge in [-0.1, -0.05) is 12.1 Å². The summed E-state index contributed by atoms with van der Waals surface area (Å²) in [4.78, 5) is 15.8. The molecule has 0 spiro atoms. The first-order valence-electron chi connectivity index (χ1n) is 5.88. The van der Waals surface area contributed by atoms with E-state index in [1.165, 1.54) is 0 Å². The van der Waals surface area contributed by atoms with Gasteiger partial charge >= 0.3 is 0 Å². The van der Waals surface area contributed by atoms with Crippen LogP contribution in [-0.4, -0.2) is 21.1 Å². The fourth-order valence-electron chi connectivity index (χ4n) is 2.21. The quantitative estimate of drug-likeness (QED) is 0.742. The van der Waals surface area contributed by atoms with Crippen molar-refractivity contribution < 1.29 is 4.79 Å². The van der Waals surface area contributed by atoms with Crippen molar-refractivity contribution in [2.45, 2.75) is 5.92 Å². The Morgan fingerprint density at radius 2 is 2.11 bits per heavy atom. The van der Waals surface area contributed by atoms with Gasteiger partial charge < -0.3 is 5.73 Å². The average molecular weight is 252 g/mol. The van der Waals surface area contributed by atoms with Crippen molar-refractivity contribution in [3.05, 3.63) is 60.0 Å². The standard InChI is InChI=1S/C14H12N4O/c15-14(19)13(10-2-1-5-16-7-10)9-3-4-12-11(6-9)8-17-18-12/h1-8,13H,(H2,15,19)(H,17,18).